The van der Waals surface area contributed by atoms with Crippen molar-refractivity contribution in [2.75, 3.05) is 5.84 Å². The summed E-state index contributed by atoms with van der Waals surface area (Å²) in [6.45, 7) is 2.01. The van der Waals surface area contributed by atoms with Crippen LogP contribution in [0.1, 0.15) is 11.1 Å². The van der Waals surface area contributed by atoms with E-state index in [1.165, 1.54) is 22.5 Å². The molecule has 7 heteroatoms. The molecule has 0 fully saturated rings. The number of benzene rings is 2. The van der Waals surface area contributed by atoms with Crippen LogP contribution in [0, 0.1) is 12.7 Å². The minimum Gasteiger partial charge on any atom is -0.335 e. The van der Waals surface area contributed by atoms with Crippen LogP contribution < -0.4 is 5.84 Å². The fraction of sp³-hybridized carbons (Fsp3) is 0.125. The first-order chi connectivity index (χ1) is 11.1. The van der Waals surface area contributed by atoms with E-state index < -0.39 is 0 Å². The molecule has 0 saturated carbocycles. The van der Waals surface area contributed by atoms with Gasteiger partial charge in [0.2, 0.25) is 5.16 Å². The van der Waals surface area contributed by atoms with E-state index in [9.17, 15) is 4.39 Å². The van der Waals surface area contributed by atoms with Gasteiger partial charge in [0.15, 0.2) is 5.82 Å². The highest BCUT2D eigenvalue weighted by atomic mass is 35.5. The summed E-state index contributed by atoms with van der Waals surface area (Å²) in [7, 11) is 0. The molecule has 1 aromatic heterocycles. The van der Waals surface area contributed by atoms with Gasteiger partial charge in [-0.3, -0.25) is 0 Å². The molecule has 118 valence electrons. The van der Waals surface area contributed by atoms with Gasteiger partial charge in [0, 0.05) is 21.9 Å². The number of thioether (sulfide) groups is 1. The van der Waals surface area contributed by atoms with Crippen LogP contribution in [0.25, 0.3) is 11.4 Å². The van der Waals surface area contributed by atoms with Gasteiger partial charge >= 0.3 is 0 Å². The largest absolute Gasteiger partial charge is 0.335 e. The minimum absolute atomic E-state index is 0.328. The van der Waals surface area contributed by atoms with Gasteiger partial charge in [0.05, 0.1) is 0 Å². The van der Waals surface area contributed by atoms with Crippen LogP contribution in [0.5, 0.6) is 0 Å². The summed E-state index contributed by atoms with van der Waals surface area (Å²) in [5.41, 5.74) is 2.46. The molecule has 3 rings (SSSR count). The average molecular weight is 349 g/mol. The lowest BCUT2D eigenvalue weighted by Crippen LogP contribution is -2.11. The Kier molecular flexibility index (Phi) is 4.54. The molecule has 0 spiro atoms. The smallest absolute Gasteiger partial charge is 0.210 e. The highest BCUT2D eigenvalue weighted by molar-refractivity contribution is 7.98. The standard InChI is InChI=1S/C16H14ClFN4S/c1-10-5-7-11(8-6-10)15-20-21-16(22(15)19)23-9-12-13(17)3-2-4-14(12)18/h2-8H,9,19H2,1H3. The van der Waals surface area contributed by atoms with Gasteiger partial charge < -0.3 is 5.84 Å². The van der Waals surface area contributed by atoms with Crippen molar-refractivity contribution in [3.8, 4) is 11.4 Å². The molecule has 0 aliphatic carbocycles. The number of hydrogen-bond donors (Lipinski definition) is 1. The topological polar surface area (TPSA) is 56.7 Å². The van der Waals surface area contributed by atoms with Gasteiger partial charge in [-0.2, -0.15) is 0 Å². The summed E-state index contributed by atoms with van der Waals surface area (Å²) in [5, 5.41) is 9.08. The van der Waals surface area contributed by atoms with Crippen LogP contribution in [0.3, 0.4) is 0 Å². The molecular weight excluding hydrogens is 335 g/mol. The Balaban J connectivity index is 1.81. The van der Waals surface area contributed by atoms with Crippen LogP contribution in [0.4, 0.5) is 4.39 Å². The summed E-state index contributed by atoms with van der Waals surface area (Å²) in [4.78, 5) is 0. The molecule has 4 nitrogen and oxygen atoms in total. The number of hydrogen-bond acceptors (Lipinski definition) is 4. The third-order valence-corrected chi connectivity index (χ3v) is 4.71. The van der Waals surface area contributed by atoms with Crippen LogP contribution in [0.2, 0.25) is 5.02 Å². The van der Waals surface area contributed by atoms with E-state index in [0.717, 1.165) is 11.1 Å². The SMILES string of the molecule is Cc1ccc(-c2nnc(SCc3c(F)cccc3Cl)n2N)cc1. The maximum Gasteiger partial charge on any atom is 0.210 e. The maximum atomic E-state index is 13.8. The first-order valence-electron chi connectivity index (χ1n) is 6.89. The fourth-order valence-corrected chi connectivity index (χ4v) is 3.28. The lowest BCUT2D eigenvalue weighted by Gasteiger charge is -2.06. The number of halogens is 2. The van der Waals surface area contributed by atoms with E-state index in [1.54, 1.807) is 12.1 Å². The molecule has 0 aliphatic heterocycles. The number of rotatable bonds is 4. The third-order valence-electron chi connectivity index (χ3n) is 3.38. The van der Waals surface area contributed by atoms with Gasteiger partial charge in [0.25, 0.3) is 0 Å². The molecule has 2 N–H and O–H groups in total. The molecule has 0 unspecified atom stereocenters. The van der Waals surface area contributed by atoms with E-state index in [0.29, 0.717) is 27.3 Å². The van der Waals surface area contributed by atoms with Crippen molar-refractivity contribution in [1.29, 1.82) is 0 Å². The first-order valence-corrected chi connectivity index (χ1v) is 8.26. The third kappa shape index (κ3) is 3.33. The van der Waals surface area contributed by atoms with E-state index in [1.807, 2.05) is 31.2 Å². The highest BCUT2D eigenvalue weighted by Crippen LogP contribution is 2.28. The molecule has 0 bridgehead atoms. The Hall–Kier alpha value is -2.05. The predicted octanol–water partition coefficient (Wildman–Crippen LogP) is 4.05. The summed E-state index contributed by atoms with van der Waals surface area (Å²) in [5.74, 6) is 6.61. The zero-order valence-electron chi connectivity index (χ0n) is 12.3. The molecule has 23 heavy (non-hydrogen) atoms. The van der Waals surface area contributed by atoms with E-state index in [2.05, 4.69) is 10.2 Å². The first kappa shape index (κ1) is 15.8. The zero-order chi connectivity index (χ0) is 16.4. The normalized spacial score (nSPS) is 10.9. The molecule has 0 aliphatic rings. The average Bonchev–Trinajstić information content (AvgIpc) is 2.89. The second-order valence-electron chi connectivity index (χ2n) is 5.03. The van der Waals surface area contributed by atoms with Crippen molar-refractivity contribution in [1.82, 2.24) is 14.9 Å². The zero-order valence-corrected chi connectivity index (χ0v) is 13.9. The number of nitrogens with zero attached hydrogens (tertiary/aromatic N) is 3. The maximum absolute atomic E-state index is 13.8. The fourth-order valence-electron chi connectivity index (χ4n) is 2.08. The second kappa shape index (κ2) is 6.60. The van der Waals surface area contributed by atoms with E-state index in [-0.39, 0.29) is 5.82 Å². The monoisotopic (exact) mass is 348 g/mol. The molecule has 0 amide bonds. The van der Waals surface area contributed by atoms with Gasteiger partial charge in [0.1, 0.15) is 5.82 Å². The molecule has 0 radical (unpaired) electrons. The Morgan fingerprint density at radius 3 is 2.61 bits per heavy atom. The Bertz CT molecular complexity index is 812. The van der Waals surface area contributed by atoms with Crippen LogP contribution in [-0.2, 0) is 5.75 Å². The molecule has 1 heterocycles. The van der Waals surface area contributed by atoms with Gasteiger partial charge in [-0.25, -0.2) is 9.07 Å². The van der Waals surface area contributed by atoms with Crippen molar-refractivity contribution < 1.29 is 4.39 Å². The molecule has 0 atom stereocenters. The number of aryl methyl sites for hydroxylation is 1. The van der Waals surface area contributed by atoms with Gasteiger partial charge in [-0.15, -0.1) is 10.2 Å². The summed E-state index contributed by atoms with van der Waals surface area (Å²) >= 11 is 7.31. The Morgan fingerprint density at radius 2 is 1.91 bits per heavy atom. The summed E-state index contributed by atoms with van der Waals surface area (Å²) in [6, 6.07) is 12.5. The van der Waals surface area contributed by atoms with E-state index >= 15 is 0 Å². The lowest BCUT2D eigenvalue weighted by molar-refractivity contribution is 0.617. The van der Waals surface area contributed by atoms with Gasteiger partial charge in [-0.05, 0) is 19.1 Å². The van der Waals surface area contributed by atoms with Crippen molar-refractivity contribution in [3.63, 3.8) is 0 Å². The predicted molar refractivity (Wildman–Crippen MR) is 91.3 cm³/mol. The minimum atomic E-state index is -0.341. The number of nitrogens with two attached hydrogens (primary N) is 1. The number of aromatic nitrogens is 3. The molecule has 3 aromatic rings. The Morgan fingerprint density at radius 1 is 1.17 bits per heavy atom. The second-order valence-corrected chi connectivity index (χ2v) is 6.38. The van der Waals surface area contributed by atoms with Gasteiger partial charge in [-0.1, -0.05) is 59.3 Å². The van der Waals surface area contributed by atoms with Crippen molar-refractivity contribution in [3.05, 3.63) is 64.4 Å². The van der Waals surface area contributed by atoms with Crippen LogP contribution in [-0.4, -0.2) is 14.9 Å². The highest BCUT2D eigenvalue weighted by Gasteiger charge is 2.14. The van der Waals surface area contributed by atoms with Crippen LogP contribution in [0.15, 0.2) is 47.6 Å². The molecule has 0 saturated heterocycles. The van der Waals surface area contributed by atoms with Crippen molar-refractivity contribution in [2.45, 2.75) is 17.8 Å². The Labute approximate surface area is 142 Å². The van der Waals surface area contributed by atoms with E-state index in [4.69, 9.17) is 17.4 Å². The summed E-state index contributed by atoms with van der Waals surface area (Å²) < 4.78 is 15.2. The quantitative estimate of drug-likeness (QED) is 0.570. The lowest BCUT2D eigenvalue weighted by atomic mass is 10.1. The van der Waals surface area contributed by atoms with Crippen LogP contribution >= 0.6 is 23.4 Å². The number of nitrogen functional groups attached to an aromatic ring is 1. The van der Waals surface area contributed by atoms with Crippen molar-refractivity contribution >= 4 is 23.4 Å². The van der Waals surface area contributed by atoms with Crippen molar-refractivity contribution in [2.24, 2.45) is 0 Å². The molecule has 2 aromatic carbocycles. The molecular formula is C16H14ClFN4S. The summed E-state index contributed by atoms with van der Waals surface area (Å²) in [6.07, 6.45) is 0.